The molecule has 0 aromatic heterocycles. The van der Waals surface area contributed by atoms with Crippen molar-refractivity contribution in [3.63, 3.8) is 0 Å². The largest absolute Gasteiger partial charge is 0.497 e. The summed E-state index contributed by atoms with van der Waals surface area (Å²) in [7, 11) is 1.62. The summed E-state index contributed by atoms with van der Waals surface area (Å²) in [6.45, 7) is 2.02. The molecule has 0 aliphatic heterocycles. The van der Waals surface area contributed by atoms with Crippen LogP contribution < -0.4 is 10.1 Å². The molecule has 0 spiro atoms. The zero-order valence-corrected chi connectivity index (χ0v) is 13.0. The van der Waals surface area contributed by atoms with Crippen molar-refractivity contribution in [1.82, 2.24) is 0 Å². The second-order valence-corrected chi connectivity index (χ2v) is 5.82. The van der Waals surface area contributed by atoms with Crippen LogP contribution in [0.5, 0.6) is 5.75 Å². The highest BCUT2D eigenvalue weighted by molar-refractivity contribution is 8.00. The summed E-state index contributed by atoms with van der Waals surface area (Å²) in [4.78, 5) is 13.4. The van der Waals surface area contributed by atoms with Crippen LogP contribution in [0.4, 0.5) is 5.69 Å². The van der Waals surface area contributed by atoms with Gasteiger partial charge in [-0.2, -0.15) is 0 Å². The van der Waals surface area contributed by atoms with E-state index in [-0.39, 0.29) is 11.2 Å². The molecule has 0 aliphatic rings. The van der Waals surface area contributed by atoms with Gasteiger partial charge in [-0.3, -0.25) is 4.79 Å². The first-order chi connectivity index (χ1) is 10.2. The summed E-state index contributed by atoms with van der Waals surface area (Å²) < 4.78 is 5.10. The quantitative estimate of drug-likeness (QED) is 0.812. The summed E-state index contributed by atoms with van der Waals surface area (Å²) >= 11 is 1.59. The molecule has 1 amide bonds. The number of rotatable bonds is 6. The Hall–Kier alpha value is -1.94. The van der Waals surface area contributed by atoms with E-state index < -0.39 is 0 Å². The highest BCUT2D eigenvalue weighted by Gasteiger charge is 2.17. The van der Waals surface area contributed by atoms with Crippen LogP contribution >= 0.6 is 11.8 Å². The van der Waals surface area contributed by atoms with Crippen LogP contribution in [-0.2, 0) is 4.79 Å². The lowest BCUT2D eigenvalue weighted by molar-refractivity contribution is -0.115. The molecule has 1 N–H and O–H groups in total. The van der Waals surface area contributed by atoms with Gasteiger partial charge in [0.1, 0.15) is 5.75 Å². The summed E-state index contributed by atoms with van der Waals surface area (Å²) in [5.41, 5.74) is 0.785. The van der Waals surface area contributed by atoms with E-state index in [0.717, 1.165) is 22.8 Å². The molecule has 0 saturated carbocycles. The Kier molecular flexibility index (Phi) is 5.69. The topological polar surface area (TPSA) is 38.3 Å². The number of hydrogen-bond acceptors (Lipinski definition) is 3. The SMILES string of the molecule is CCC(Sc1ccccc1)C(=O)Nc1ccc(OC)cc1. The molecule has 1 unspecified atom stereocenters. The molecule has 2 aromatic carbocycles. The minimum Gasteiger partial charge on any atom is -0.497 e. The number of methoxy groups -OCH3 is 1. The third-order valence-corrected chi connectivity index (χ3v) is 4.42. The van der Waals surface area contributed by atoms with Crippen molar-refractivity contribution in [3.8, 4) is 5.75 Å². The Morgan fingerprint density at radius 1 is 1.14 bits per heavy atom. The zero-order chi connectivity index (χ0) is 15.1. The van der Waals surface area contributed by atoms with E-state index in [1.54, 1.807) is 18.9 Å². The molecule has 0 radical (unpaired) electrons. The summed E-state index contributed by atoms with van der Waals surface area (Å²) in [5, 5.41) is 2.85. The van der Waals surface area contributed by atoms with Gasteiger partial charge in [0.05, 0.1) is 12.4 Å². The number of carbonyl (C=O) groups is 1. The van der Waals surface area contributed by atoms with Crippen LogP contribution in [0.1, 0.15) is 13.3 Å². The molecule has 21 heavy (non-hydrogen) atoms. The molecule has 2 rings (SSSR count). The van der Waals surface area contributed by atoms with Gasteiger partial charge in [0.2, 0.25) is 5.91 Å². The van der Waals surface area contributed by atoms with Crippen molar-refractivity contribution in [2.75, 3.05) is 12.4 Å². The van der Waals surface area contributed by atoms with Crippen molar-refractivity contribution in [3.05, 3.63) is 54.6 Å². The van der Waals surface area contributed by atoms with E-state index in [2.05, 4.69) is 5.32 Å². The van der Waals surface area contributed by atoms with Crippen LogP contribution in [0, 0.1) is 0 Å². The van der Waals surface area contributed by atoms with Gasteiger partial charge in [-0.1, -0.05) is 25.1 Å². The van der Waals surface area contributed by atoms with Crippen molar-refractivity contribution in [1.29, 1.82) is 0 Å². The van der Waals surface area contributed by atoms with E-state index >= 15 is 0 Å². The minimum atomic E-state index is -0.102. The van der Waals surface area contributed by atoms with Crippen LogP contribution in [0.2, 0.25) is 0 Å². The predicted molar refractivity (Wildman–Crippen MR) is 88.0 cm³/mol. The van der Waals surface area contributed by atoms with Crippen molar-refractivity contribution in [2.24, 2.45) is 0 Å². The van der Waals surface area contributed by atoms with Crippen LogP contribution in [0.3, 0.4) is 0 Å². The first kappa shape index (κ1) is 15.4. The Morgan fingerprint density at radius 2 is 1.81 bits per heavy atom. The average molecular weight is 301 g/mol. The zero-order valence-electron chi connectivity index (χ0n) is 12.2. The molecule has 0 aliphatic carbocycles. The number of amides is 1. The number of nitrogens with one attached hydrogen (secondary N) is 1. The first-order valence-corrected chi connectivity index (χ1v) is 7.77. The van der Waals surface area contributed by atoms with Crippen molar-refractivity contribution >= 4 is 23.4 Å². The highest BCUT2D eigenvalue weighted by Crippen LogP contribution is 2.26. The van der Waals surface area contributed by atoms with Gasteiger partial charge in [-0.25, -0.2) is 0 Å². The maximum absolute atomic E-state index is 12.3. The molecule has 1 atom stereocenters. The van der Waals surface area contributed by atoms with Gasteiger partial charge >= 0.3 is 0 Å². The Morgan fingerprint density at radius 3 is 2.38 bits per heavy atom. The standard InChI is InChI=1S/C17H19NO2S/c1-3-16(21-15-7-5-4-6-8-15)17(19)18-13-9-11-14(20-2)12-10-13/h4-12,16H,3H2,1-2H3,(H,18,19). The van der Waals surface area contributed by atoms with E-state index in [4.69, 9.17) is 4.74 Å². The summed E-state index contributed by atoms with van der Waals surface area (Å²) in [6, 6.07) is 17.3. The number of thioether (sulfide) groups is 1. The van der Waals surface area contributed by atoms with Crippen molar-refractivity contribution in [2.45, 2.75) is 23.5 Å². The maximum Gasteiger partial charge on any atom is 0.237 e. The van der Waals surface area contributed by atoms with Gasteiger partial charge in [0.25, 0.3) is 0 Å². The van der Waals surface area contributed by atoms with Gasteiger partial charge in [-0.05, 0) is 42.8 Å². The molecular formula is C17H19NO2S. The van der Waals surface area contributed by atoms with Gasteiger partial charge < -0.3 is 10.1 Å². The molecule has 0 bridgehead atoms. The average Bonchev–Trinajstić information content (AvgIpc) is 2.54. The lowest BCUT2D eigenvalue weighted by atomic mass is 10.2. The highest BCUT2D eigenvalue weighted by atomic mass is 32.2. The molecular weight excluding hydrogens is 282 g/mol. The monoisotopic (exact) mass is 301 g/mol. The Balaban J connectivity index is 1.99. The van der Waals surface area contributed by atoms with Gasteiger partial charge in [0, 0.05) is 10.6 Å². The van der Waals surface area contributed by atoms with Gasteiger partial charge in [0.15, 0.2) is 0 Å². The normalized spacial score (nSPS) is 11.7. The maximum atomic E-state index is 12.3. The Labute approximate surface area is 129 Å². The lowest BCUT2D eigenvalue weighted by Gasteiger charge is -2.15. The fourth-order valence-electron chi connectivity index (χ4n) is 1.88. The van der Waals surface area contributed by atoms with E-state index in [0.29, 0.717) is 0 Å². The number of carbonyl (C=O) groups excluding carboxylic acids is 1. The van der Waals surface area contributed by atoms with E-state index in [9.17, 15) is 4.79 Å². The number of benzene rings is 2. The molecule has 0 saturated heterocycles. The third-order valence-electron chi connectivity index (χ3n) is 3.04. The molecule has 3 nitrogen and oxygen atoms in total. The minimum absolute atomic E-state index is 0.0246. The number of ether oxygens (including phenoxy) is 1. The fraction of sp³-hybridized carbons (Fsp3) is 0.235. The Bertz CT molecular complexity index is 569. The molecule has 0 fully saturated rings. The third kappa shape index (κ3) is 4.53. The smallest absolute Gasteiger partial charge is 0.237 e. The summed E-state index contributed by atoms with van der Waals surface area (Å²) in [6.07, 6.45) is 0.779. The van der Waals surface area contributed by atoms with Crippen LogP contribution in [0.15, 0.2) is 59.5 Å². The summed E-state index contributed by atoms with van der Waals surface area (Å²) in [5.74, 6) is 0.801. The molecule has 110 valence electrons. The van der Waals surface area contributed by atoms with E-state index in [1.807, 2.05) is 61.5 Å². The number of hydrogen-bond donors (Lipinski definition) is 1. The second-order valence-electron chi connectivity index (χ2n) is 4.55. The first-order valence-electron chi connectivity index (χ1n) is 6.89. The molecule has 2 aromatic rings. The lowest BCUT2D eigenvalue weighted by Crippen LogP contribution is -2.24. The fourth-order valence-corrected chi connectivity index (χ4v) is 2.86. The van der Waals surface area contributed by atoms with Gasteiger partial charge in [-0.15, -0.1) is 11.8 Å². The number of anilines is 1. The van der Waals surface area contributed by atoms with E-state index in [1.165, 1.54) is 0 Å². The van der Waals surface area contributed by atoms with Crippen LogP contribution in [0.25, 0.3) is 0 Å². The predicted octanol–water partition coefficient (Wildman–Crippen LogP) is 4.20. The molecule has 4 heteroatoms. The van der Waals surface area contributed by atoms with Crippen LogP contribution in [-0.4, -0.2) is 18.3 Å². The second kappa shape index (κ2) is 7.74. The van der Waals surface area contributed by atoms with Crippen molar-refractivity contribution < 1.29 is 9.53 Å². The molecule has 0 heterocycles.